The normalized spacial score (nSPS) is 24.8. The average Bonchev–Trinajstić information content (AvgIpc) is 3.41. The van der Waals surface area contributed by atoms with Gasteiger partial charge in [-0.1, -0.05) is 18.2 Å². The van der Waals surface area contributed by atoms with Gasteiger partial charge in [0.2, 0.25) is 0 Å². The van der Waals surface area contributed by atoms with Gasteiger partial charge < -0.3 is 25.6 Å². The average molecular weight is 459 g/mol. The highest BCUT2D eigenvalue weighted by molar-refractivity contribution is 5.93. The highest BCUT2D eigenvalue weighted by Crippen LogP contribution is 2.34. The molecule has 4 heterocycles. The number of hydrogen-bond donors (Lipinski definition) is 2. The summed E-state index contributed by atoms with van der Waals surface area (Å²) in [5, 5.41) is 4.81. The van der Waals surface area contributed by atoms with Gasteiger partial charge in [0.15, 0.2) is 0 Å². The van der Waals surface area contributed by atoms with Crippen LogP contribution in [0.3, 0.4) is 0 Å². The van der Waals surface area contributed by atoms with E-state index >= 15 is 0 Å². The first-order valence-corrected chi connectivity index (χ1v) is 12.6. The predicted molar refractivity (Wildman–Crippen MR) is 137 cm³/mol. The second-order valence-corrected chi connectivity index (χ2v) is 10.2. The zero-order valence-corrected chi connectivity index (χ0v) is 20.1. The van der Waals surface area contributed by atoms with Crippen LogP contribution in [0.4, 0.5) is 11.5 Å². The van der Waals surface area contributed by atoms with Gasteiger partial charge in [-0.05, 0) is 81.1 Å². The smallest absolute Gasteiger partial charge is 0.319 e. The molecule has 178 valence electrons. The molecule has 0 radical (unpaired) electrons. The lowest BCUT2D eigenvalue weighted by Gasteiger charge is -2.34. The lowest BCUT2D eigenvalue weighted by Crippen LogP contribution is -2.51. The lowest BCUT2D eigenvalue weighted by atomic mass is 9.98. The highest BCUT2D eigenvalue weighted by Gasteiger charge is 2.33. The molecule has 0 aliphatic carbocycles. The largest absolute Gasteiger partial charge is 0.462 e. The van der Waals surface area contributed by atoms with E-state index < -0.39 is 0 Å². The number of anilines is 2. The van der Waals surface area contributed by atoms with Gasteiger partial charge in [-0.25, -0.2) is 0 Å². The summed E-state index contributed by atoms with van der Waals surface area (Å²) >= 11 is 0. The lowest BCUT2D eigenvalue weighted by molar-refractivity contribution is 0.188. The van der Waals surface area contributed by atoms with Crippen molar-refractivity contribution in [2.75, 3.05) is 43.9 Å². The Morgan fingerprint density at radius 2 is 1.91 bits per heavy atom. The van der Waals surface area contributed by atoms with Crippen LogP contribution in [0.2, 0.25) is 0 Å². The van der Waals surface area contributed by atoms with Crippen LogP contribution >= 0.6 is 0 Å². The van der Waals surface area contributed by atoms with E-state index in [9.17, 15) is 0 Å². The molecule has 3 aromatic rings. The second kappa shape index (κ2) is 8.71. The number of benzene rings is 2. The van der Waals surface area contributed by atoms with Crippen LogP contribution in [-0.4, -0.2) is 66.3 Å². The number of likely N-dealkylation sites (N-methyl/N-ethyl adjacent to an activating group) is 1. The molecule has 3 fully saturated rings. The molecular weight excluding hydrogens is 424 g/mol. The number of hydrogen-bond acceptors (Lipinski definition) is 7. The molecule has 3 saturated heterocycles. The summed E-state index contributed by atoms with van der Waals surface area (Å²) < 4.78 is 6.23. The maximum Gasteiger partial charge on any atom is 0.319 e. The standard InChI is InChI=1S/C27H34N6O/c1-17-22(6-3-7-24(17)28)18-8-11-23-25(13-18)30-27(34-16-21-5-4-12-32(21)2)31-26(23)33-14-19-9-10-20(15-33)29-19/h3,6-8,11,13,19-21,29H,4-5,9-10,12,14-16,28H2,1-2H3/t19-,20+,21-/m0/s1. The minimum atomic E-state index is 0.430. The van der Waals surface area contributed by atoms with Gasteiger partial charge in [-0.2, -0.15) is 9.97 Å². The molecule has 0 saturated carbocycles. The van der Waals surface area contributed by atoms with Crippen molar-refractivity contribution in [2.24, 2.45) is 0 Å². The van der Waals surface area contributed by atoms with Gasteiger partial charge in [0, 0.05) is 42.3 Å². The van der Waals surface area contributed by atoms with E-state index in [2.05, 4.69) is 53.4 Å². The Balaban J connectivity index is 1.40. The molecule has 6 rings (SSSR count). The zero-order chi connectivity index (χ0) is 23.2. The quantitative estimate of drug-likeness (QED) is 0.566. The monoisotopic (exact) mass is 458 g/mol. The summed E-state index contributed by atoms with van der Waals surface area (Å²) in [6, 6.07) is 14.6. The van der Waals surface area contributed by atoms with Gasteiger partial charge in [-0.3, -0.25) is 0 Å². The Morgan fingerprint density at radius 1 is 1.09 bits per heavy atom. The van der Waals surface area contributed by atoms with Gasteiger partial charge >= 0.3 is 6.01 Å². The number of nitrogens with one attached hydrogen (secondary N) is 1. The molecule has 0 amide bonds. The summed E-state index contributed by atoms with van der Waals surface area (Å²) in [7, 11) is 2.17. The first-order chi connectivity index (χ1) is 16.5. The van der Waals surface area contributed by atoms with Crippen molar-refractivity contribution < 1.29 is 4.74 Å². The van der Waals surface area contributed by atoms with Crippen LogP contribution in [-0.2, 0) is 0 Å². The molecule has 3 aliphatic rings. The topological polar surface area (TPSA) is 79.5 Å². The van der Waals surface area contributed by atoms with Crippen molar-refractivity contribution in [3.05, 3.63) is 42.0 Å². The van der Waals surface area contributed by atoms with E-state index in [1.54, 1.807) is 0 Å². The Labute approximate surface area is 201 Å². The molecule has 2 aromatic carbocycles. The first kappa shape index (κ1) is 21.6. The SMILES string of the molecule is Cc1c(N)cccc1-c1ccc2c(N3C[C@H]4CC[C@@H](C3)N4)nc(OC[C@@H]3CCCN3C)nc2c1. The molecule has 3 atom stereocenters. The van der Waals surface area contributed by atoms with E-state index in [1.165, 1.54) is 19.3 Å². The van der Waals surface area contributed by atoms with Crippen LogP contribution < -0.4 is 20.7 Å². The van der Waals surface area contributed by atoms with Crippen molar-refractivity contribution in [1.29, 1.82) is 0 Å². The Bertz CT molecular complexity index is 1200. The molecule has 3 N–H and O–H groups in total. The first-order valence-electron chi connectivity index (χ1n) is 12.6. The van der Waals surface area contributed by atoms with E-state index in [4.69, 9.17) is 20.4 Å². The molecular formula is C27H34N6O. The third-order valence-corrected chi connectivity index (χ3v) is 7.94. The minimum absolute atomic E-state index is 0.430. The van der Waals surface area contributed by atoms with Gasteiger partial charge in [0.1, 0.15) is 12.4 Å². The van der Waals surface area contributed by atoms with Crippen LogP contribution in [0.5, 0.6) is 6.01 Å². The fourth-order valence-corrected chi connectivity index (χ4v) is 5.86. The third kappa shape index (κ3) is 3.97. The Morgan fingerprint density at radius 3 is 2.68 bits per heavy atom. The van der Waals surface area contributed by atoms with Crippen LogP contribution in [0.1, 0.15) is 31.2 Å². The van der Waals surface area contributed by atoms with Crippen LogP contribution in [0.15, 0.2) is 36.4 Å². The summed E-state index contributed by atoms with van der Waals surface area (Å²) in [4.78, 5) is 14.7. The fraction of sp³-hybridized carbons (Fsp3) is 0.481. The highest BCUT2D eigenvalue weighted by atomic mass is 16.5. The number of fused-ring (bicyclic) bond motifs is 3. The molecule has 0 unspecified atom stereocenters. The van der Waals surface area contributed by atoms with Gasteiger partial charge in [0.25, 0.3) is 0 Å². The minimum Gasteiger partial charge on any atom is -0.462 e. The number of likely N-dealkylation sites (tertiary alicyclic amines) is 1. The van der Waals surface area contributed by atoms with Crippen molar-refractivity contribution in [3.63, 3.8) is 0 Å². The molecule has 1 aromatic heterocycles. The number of piperazine rings is 1. The summed E-state index contributed by atoms with van der Waals surface area (Å²) in [5.74, 6) is 0.994. The third-order valence-electron chi connectivity index (χ3n) is 7.94. The number of nitrogens with zero attached hydrogens (tertiary/aromatic N) is 4. The molecule has 34 heavy (non-hydrogen) atoms. The summed E-state index contributed by atoms with van der Waals surface area (Å²) in [6.07, 6.45) is 4.86. The van der Waals surface area contributed by atoms with E-state index in [-0.39, 0.29) is 0 Å². The van der Waals surface area contributed by atoms with E-state index in [0.29, 0.717) is 30.7 Å². The number of nitrogens with two attached hydrogens (primary N) is 1. The maximum atomic E-state index is 6.23. The van der Waals surface area contributed by atoms with Crippen molar-refractivity contribution in [1.82, 2.24) is 20.2 Å². The number of ether oxygens (including phenoxy) is 1. The van der Waals surface area contributed by atoms with Crippen LogP contribution in [0, 0.1) is 6.92 Å². The molecule has 7 nitrogen and oxygen atoms in total. The van der Waals surface area contributed by atoms with Crippen molar-refractivity contribution >= 4 is 22.4 Å². The van der Waals surface area contributed by atoms with E-state index in [1.807, 2.05) is 12.1 Å². The molecule has 0 spiro atoms. The zero-order valence-electron chi connectivity index (χ0n) is 20.1. The summed E-state index contributed by atoms with van der Waals surface area (Å²) in [6.45, 7) is 5.78. The maximum absolute atomic E-state index is 6.23. The Hall–Kier alpha value is -2.90. The van der Waals surface area contributed by atoms with Gasteiger partial charge in [0.05, 0.1) is 5.52 Å². The van der Waals surface area contributed by atoms with Crippen molar-refractivity contribution in [3.8, 4) is 17.1 Å². The van der Waals surface area contributed by atoms with Crippen molar-refractivity contribution in [2.45, 2.75) is 50.7 Å². The number of nitrogen functional groups attached to an aromatic ring is 1. The second-order valence-electron chi connectivity index (χ2n) is 10.2. The Kier molecular flexibility index (Phi) is 5.54. The fourth-order valence-electron chi connectivity index (χ4n) is 5.86. The predicted octanol–water partition coefficient (Wildman–Crippen LogP) is 3.60. The van der Waals surface area contributed by atoms with Crippen LogP contribution in [0.25, 0.3) is 22.0 Å². The number of rotatable bonds is 5. The van der Waals surface area contributed by atoms with E-state index in [0.717, 1.165) is 65.2 Å². The molecule has 3 aliphatic heterocycles. The summed E-state index contributed by atoms with van der Waals surface area (Å²) in [5.41, 5.74) is 11.3. The molecule has 2 bridgehead atoms. The molecule has 7 heteroatoms. The number of aromatic nitrogens is 2. The van der Waals surface area contributed by atoms with Gasteiger partial charge in [-0.15, -0.1) is 0 Å².